The van der Waals surface area contributed by atoms with Crippen LogP contribution in [0.1, 0.15) is 77.0 Å². The van der Waals surface area contributed by atoms with Gasteiger partial charge in [-0.25, -0.2) is 0 Å². The Labute approximate surface area is 144 Å². The minimum atomic E-state index is -1.08. The summed E-state index contributed by atoms with van der Waals surface area (Å²) in [6.45, 7) is 0.292. The number of hydrogen-bond donors (Lipinski definition) is 1. The van der Waals surface area contributed by atoms with Gasteiger partial charge in [0, 0.05) is 25.4 Å². The Bertz CT molecular complexity index is 244. The Hall–Kier alpha value is 0.1000. The normalized spacial score (nSPS) is 10.1. The molecule has 0 aliphatic heterocycles. The molecule has 0 unspecified atom stereocenters. The number of aliphatic hydroxyl groups is 1. The average Bonchev–Trinajstić information content (AvgIpc) is 2.36. The molecule has 112 valence electrons. The molecular formula is C15H27NaO4. The average molecular weight is 294 g/mol. The number of unbranched alkanes of at least 4 members (excludes halogenated alkanes) is 7. The van der Waals surface area contributed by atoms with Gasteiger partial charge >= 0.3 is 29.6 Å². The predicted octanol–water partition coefficient (Wildman–Crippen LogP) is -1.02. The maximum atomic E-state index is 11.4. The van der Waals surface area contributed by atoms with E-state index >= 15 is 0 Å². The van der Waals surface area contributed by atoms with E-state index in [9.17, 15) is 14.7 Å². The Morgan fingerprint density at radius 3 is 1.65 bits per heavy atom. The van der Waals surface area contributed by atoms with E-state index in [2.05, 4.69) is 0 Å². The van der Waals surface area contributed by atoms with Crippen LogP contribution in [-0.2, 0) is 9.59 Å². The van der Waals surface area contributed by atoms with Crippen LogP contribution in [-0.4, -0.2) is 23.5 Å². The number of ketones is 1. The largest absolute Gasteiger partial charge is 1.00 e. The fourth-order valence-corrected chi connectivity index (χ4v) is 2.05. The summed E-state index contributed by atoms with van der Waals surface area (Å²) >= 11 is 0. The number of carboxylic acids is 1. The Balaban J connectivity index is 0. The van der Waals surface area contributed by atoms with E-state index in [4.69, 9.17) is 5.11 Å². The fraction of sp³-hybridized carbons (Fsp3) is 0.867. The van der Waals surface area contributed by atoms with Crippen molar-refractivity contribution in [2.75, 3.05) is 6.61 Å². The molecule has 4 nitrogen and oxygen atoms in total. The second kappa shape index (κ2) is 17.2. The molecule has 0 aromatic heterocycles. The Morgan fingerprint density at radius 1 is 0.700 bits per heavy atom. The minimum absolute atomic E-state index is 0. The van der Waals surface area contributed by atoms with Crippen LogP contribution < -0.4 is 34.7 Å². The van der Waals surface area contributed by atoms with Gasteiger partial charge in [-0.05, 0) is 25.7 Å². The molecule has 0 rings (SSSR count). The number of carbonyl (C=O) groups excluding carboxylic acids is 2. The fourth-order valence-electron chi connectivity index (χ4n) is 2.05. The number of aliphatic hydroxyl groups excluding tert-OH is 1. The Morgan fingerprint density at radius 2 is 1.15 bits per heavy atom. The molecule has 0 aromatic carbocycles. The summed E-state index contributed by atoms with van der Waals surface area (Å²) in [7, 11) is 0. The third-order valence-corrected chi connectivity index (χ3v) is 3.20. The molecule has 20 heavy (non-hydrogen) atoms. The Kier molecular flexibility index (Phi) is 19.2. The van der Waals surface area contributed by atoms with Crippen LogP contribution in [0.25, 0.3) is 0 Å². The maximum absolute atomic E-state index is 11.4. The van der Waals surface area contributed by atoms with Gasteiger partial charge in [-0.2, -0.15) is 0 Å². The first-order valence-corrected chi connectivity index (χ1v) is 7.49. The van der Waals surface area contributed by atoms with Crippen LogP contribution in [0.4, 0.5) is 0 Å². The number of carboxylic acid groups (broad SMARTS) is 1. The standard InChI is InChI=1S/C15H28O4.Na/c16-13-8-6-4-2-1-3-5-7-10-14(17)11-9-12-15(18)19;/h16H,1-13H2,(H,18,19);/q;+1/p-1. The molecule has 0 heterocycles. The summed E-state index contributed by atoms with van der Waals surface area (Å²) in [6.07, 6.45) is 10.1. The summed E-state index contributed by atoms with van der Waals surface area (Å²) < 4.78 is 0. The van der Waals surface area contributed by atoms with Gasteiger partial charge in [-0.15, -0.1) is 0 Å². The first kappa shape index (κ1) is 22.4. The van der Waals surface area contributed by atoms with Crippen molar-refractivity contribution in [2.24, 2.45) is 0 Å². The zero-order valence-electron chi connectivity index (χ0n) is 12.9. The molecule has 0 radical (unpaired) electrons. The van der Waals surface area contributed by atoms with E-state index in [0.29, 0.717) is 25.9 Å². The number of Topliss-reactive ketones (excluding diaryl/α,β-unsaturated/α-hetero) is 1. The molecule has 0 amide bonds. The first-order valence-electron chi connectivity index (χ1n) is 7.49. The van der Waals surface area contributed by atoms with Crippen molar-refractivity contribution in [3.05, 3.63) is 0 Å². The second-order valence-electron chi connectivity index (χ2n) is 5.07. The molecule has 0 bridgehead atoms. The summed E-state index contributed by atoms with van der Waals surface area (Å²) in [5.74, 6) is -0.904. The molecule has 0 aliphatic rings. The number of hydrogen-bond acceptors (Lipinski definition) is 4. The van der Waals surface area contributed by atoms with Crippen molar-refractivity contribution in [1.29, 1.82) is 0 Å². The molecular weight excluding hydrogens is 267 g/mol. The molecule has 0 fully saturated rings. The molecule has 1 N–H and O–H groups in total. The smallest absolute Gasteiger partial charge is 0.550 e. The summed E-state index contributed by atoms with van der Waals surface area (Å²) in [5, 5.41) is 18.8. The van der Waals surface area contributed by atoms with Crippen LogP contribution in [0.3, 0.4) is 0 Å². The van der Waals surface area contributed by atoms with E-state index in [1.807, 2.05) is 0 Å². The van der Waals surface area contributed by atoms with Gasteiger partial charge in [-0.3, -0.25) is 4.79 Å². The predicted molar refractivity (Wildman–Crippen MR) is 72.5 cm³/mol. The zero-order chi connectivity index (χ0) is 14.3. The van der Waals surface area contributed by atoms with E-state index < -0.39 is 5.97 Å². The van der Waals surface area contributed by atoms with Crippen LogP contribution >= 0.6 is 0 Å². The quantitative estimate of drug-likeness (QED) is 0.329. The van der Waals surface area contributed by atoms with Gasteiger partial charge in [0.25, 0.3) is 0 Å². The molecule has 0 aromatic rings. The van der Waals surface area contributed by atoms with E-state index in [0.717, 1.165) is 32.1 Å². The third kappa shape index (κ3) is 18.1. The van der Waals surface area contributed by atoms with E-state index in [1.54, 1.807) is 0 Å². The maximum Gasteiger partial charge on any atom is 1.00 e. The second-order valence-corrected chi connectivity index (χ2v) is 5.07. The summed E-state index contributed by atoms with van der Waals surface area (Å²) in [5.41, 5.74) is 0. The van der Waals surface area contributed by atoms with Crippen molar-refractivity contribution in [1.82, 2.24) is 0 Å². The van der Waals surface area contributed by atoms with Crippen molar-refractivity contribution >= 4 is 11.8 Å². The molecule has 5 heteroatoms. The molecule has 0 atom stereocenters. The van der Waals surface area contributed by atoms with Gasteiger partial charge in [-0.1, -0.05) is 38.5 Å². The molecule has 0 saturated heterocycles. The van der Waals surface area contributed by atoms with Crippen molar-refractivity contribution in [2.45, 2.75) is 77.0 Å². The van der Waals surface area contributed by atoms with Crippen LogP contribution in [0.2, 0.25) is 0 Å². The van der Waals surface area contributed by atoms with Crippen molar-refractivity contribution in [3.63, 3.8) is 0 Å². The molecule has 0 aliphatic carbocycles. The van der Waals surface area contributed by atoms with E-state index in [1.165, 1.54) is 19.3 Å². The SMILES string of the molecule is O=C([O-])CCCC(=O)CCCCCCCCCCO.[Na+]. The van der Waals surface area contributed by atoms with E-state index in [-0.39, 0.29) is 41.8 Å². The van der Waals surface area contributed by atoms with Gasteiger partial charge < -0.3 is 15.0 Å². The monoisotopic (exact) mass is 294 g/mol. The van der Waals surface area contributed by atoms with Crippen LogP contribution in [0.15, 0.2) is 0 Å². The number of rotatable bonds is 14. The van der Waals surface area contributed by atoms with Gasteiger partial charge in [0.1, 0.15) is 5.78 Å². The van der Waals surface area contributed by atoms with Crippen molar-refractivity contribution in [3.8, 4) is 0 Å². The van der Waals surface area contributed by atoms with Crippen LogP contribution in [0.5, 0.6) is 0 Å². The third-order valence-electron chi connectivity index (χ3n) is 3.20. The summed E-state index contributed by atoms with van der Waals surface area (Å²) in [6, 6.07) is 0. The zero-order valence-corrected chi connectivity index (χ0v) is 14.9. The number of aliphatic carboxylic acids is 1. The minimum Gasteiger partial charge on any atom is -0.550 e. The first-order chi connectivity index (χ1) is 9.16. The number of carbonyl (C=O) groups is 2. The van der Waals surface area contributed by atoms with Gasteiger partial charge in [0.05, 0.1) is 0 Å². The molecule has 0 spiro atoms. The summed E-state index contributed by atoms with van der Waals surface area (Å²) in [4.78, 5) is 21.6. The van der Waals surface area contributed by atoms with Crippen molar-refractivity contribution < 1.29 is 49.4 Å². The topological polar surface area (TPSA) is 77.4 Å². The molecule has 0 saturated carbocycles. The van der Waals surface area contributed by atoms with Gasteiger partial charge in [0.2, 0.25) is 0 Å². The van der Waals surface area contributed by atoms with Crippen LogP contribution in [0, 0.1) is 0 Å². The van der Waals surface area contributed by atoms with Gasteiger partial charge in [0.15, 0.2) is 0 Å².